The highest BCUT2D eigenvalue weighted by molar-refractivity contribution is 5.97. The molecule has 0 spiro atoms. The molecule has 0 saturated heterocycles. The molecule has 2 aliphatic carbocycles. The zero-order chi connectivity index (χ0) is 25.2. The predicted octanol–water partition coefficient (Wildman–Crippen LogP) is 6.99. The summed E-state index contributed by atoms with van der Waals surface area (Å²) < 4.78 is 6.67. The standard InChI is InChI=1S/C31H48N2O3/c1-2-32-23-13-4-3-5-14-24-33(30(34)22-21-25-15-7-6-8-16-25)27-18-10-12-20-29(27)36-28-19-11-9-17-26(28)31(32)35/h9,11,17,19,25,27,29H,2-8,10,12-16,18,20-24H2,1H3/t27-,29+/m1/s1. The van der Waals surface area contributed by atoms with Crippen LogP contribution in [0.1, 0.15) is 120 Å². The molecular formula is C31H48N2O3. The van der Waals surface area contributed by atoms with Gasteiger partial charge in [-0.05, 0) is 63.5 Å². The summed E-state index contributed by atoms with van der Waals surface area (Å²) in [6.07, 6.45) is 18.0. The predicted molar refractivity (Wildman–Crippen MR) is 145 cm³/mol. The van der Waals surface area contributed by atoms with Crippen molar-refractivity contribution >= 4 is 11.8 Å². The normalized spacial score (nSPS) is 25.2. The number of hydrogen-bond donors (Lipinski definition) is 0. The summed E-state index contributed by atoms with van der Waals surface area (Å²) in [5.41, 5.74) is 0.661. The Bertz CT molecular complexity index is 835. The number of carbonyl (C=O) groups is 2. The molecule has 0 N–H and O–H groups in total. The van der Waals surface area contributed by atoms with Crippen LogP contribution in [0.15, 0.2) is 24.3 Å². The molecule has 0 aromatic heterocycles. The Labute approximate surface area is 218 Å². The Morgan fingerprint density at radius 2 is 1.53 bits per heavy atom. The molecule has 2 fully saturated rings. The van der Waals surface area contributed by atoms with Crippen molar-refractivity contribution in [3.8, 4) is 5.75 Å². The van der Waals surface area contributed by atoms with Gasteiger partial charge in [0.05, 0.1) is 11.6 Å². The lowest BCUT2D eigenvalue weighted by atomic mass is 9.85. The van der Waals surface area contributed by atoms with Crippen LogP contribution in [0.25, 0.3) is 0 Å². The fourth-order valence-corrected chi connectivity index (χ4v) is 6.59. The van der Waals surface area contributed by atoms with Gasteiger partial charge in [0.1, 0.15) is 11.9 Å². The van der Waals surface area contributed by atoms with Crippen LogP contribution in [-0.2, 0) is 4.79 Å². The number of benzene rings is 1. The van der Waals surface area contributed by atoms with Crippen molar-refractivity contribution in [3.05, 3.63) is 29.8 Å². The maximum atomic E-state index is 13.7. The zero-order valence-corrected chi connectivity index (χ0v) is 22.6. The second kappa shape index (κ2) is 14.0. The van der Waals surface area contributed by atoms with E-state index in [2.05, 4.69) is 11.8 Å². The molecule has 2 atom stereocenters. The smallest absolute Gasteiger partial charge is 0.257 e. The van der Waals surface area contributed by atoms with E-state index in [1.165, 1.54) is 32.1 Å². The van der Waals surface area contributed by atoms with Gasteiger partial charge >= 0.3 is 0 Å². The van der Waals surface area contributed by atoms with E-state index in [9.17, 15) is 9.59 Å². The van der Waals surface area contributed by atoms with E-state index < -0.39 is 0 Å². The third kappa shape index (κ3) is 7.26. The first kappa shape index (κ1) is 27.0. The fourth-order valence-electron chi connectivity index (χ4n) is 6.59. The van der Waals surface area contributed by atoms with Crippen molar-refractivity contribution in [3.63, 3.8) is 0 Å². The fraction of sp³-hybridized carbons (Fsp3) is 0.742. The maximum Gasteiger partial charge on any atom is 0.257 e. The lowest BCUT2D eigenvalue weighted by Crippen LogP contribution is -2.51. The number of carbonyl (C=O) groups excluding carboxylic acids is 2. The lowest BCUT2D eigenvalue weighted by molar-refractivity contribution is -0.137. The van der Waals surface area contributed by atoms with Crippen LogP contribution in [0.3, 0.4) is 0 Å². The summed E-state index contributed by atoms with van der Waals surface area (Å²) in [5.74, 6) is 1.80. The molecule has 0 unspecified atom stereocenters. The minimum Gasteiger partial charge on any atom is -0.487 e. The van der Waals surface area contributed by atoms with E-state index in [0.717, 1.165) is 83.2 Å². The molecule has 0 radical (unpaired) electrons. The van der Waals surface area contributed by atoms with Crippen LogP contribution in [0.5, 0.6) is 5.75 Å². The van der Waals surface area contributed by atoms with Gasteiger partial charge in [0.15, 0.2) is 0 Å². The number of nitrogens with zero attached hydrogens (tertiary/aromatic N) is 2. The Kier molecular flexibility index (Phi) is 10.5. The molecule has 36 heavy (non-hydrogen) atoms. The van der Waals surface area contributed by atoms with Gasteiger partial charge in [0.25, 0.3) is 5.91 Å². The third-order valence-electron chi connectivity index (χ3n) is 8.77. The summed E-state index contributed by atoms with van der Waals surface area (Å²) in [4.78, 5) is 31.3. The molecule has 1 aliphatic heterocycles. The minimum atomic E-state index is -0.0495. The minimum absolute atomic E-state index is 0.0495. The van der Waals surface area contributed by atoms with Gasteiger partial charge in [-0.2, -0.15) is 0 Å². The topological polar surface area (TPSA) is 49.9 Å². The molecule has 2 saturated carbocycles. The molecule has 3 aliphatic rings. The first-order valence-corrected chi connectivity index (χ1v) is 15.0. The van der Waals surface area contributed by atoms with Crippen LogP contribution in [-0.4, -0.2) is 53.4 Å². The van der Waals surface area contributed by atoms with Crippen molar-refractivity contribution in [1.29, 1.82) is 0 Å². The van der Waals surface area contributed by atoms with E-state index in [1.807, 2.05) is 29.2 Å². The van der Waals surface area contributed by atoms with E-state index in [1.54, 1.807) is 0 Å². The number of fused-ring (bicyclic) bond motifs is 2. The SMILES string of the molecule is CCN1CCCCCCCN(C(=O)CCC2CCCCC2)[C@@H]2CCCC[C@@H]2Oc2ccccc2C1=O. The molecule has 1 aromatic carbocycles. The number of hydrogen-bond acceptors (Lipinski definition) is 3. The molecule has 2 amide bonds. The van der Waals surface area contributed by atoms with Crippen LogP contribution in [0.2, 0.25) is 0 Å². The number of ether oxygens (including phenoxy) is 1. The van der Waals surface area contributed by atoms with Crippen molar-refractivity contribution in [2.45, 2.75) is 122 Å². The van der Waals surface area contributed by atoms with Crippen LogP contribution in [0.4, 0.5) is 0 Å². The molecule has 0 bridgehead atoms. The summed E-state index contributed by atoms with van der Waals surface area (Å²) in [6.45, 7) is 4.41. The van der Waals surface area contributed by atoms with Crippen molar-refractivity contribution < 1.29 is 14.3 Å². The van der Waals surface area contributed by atoms with Gasteiger partial charge in [-0.3, -0.25) is 9.59 Å². The Hall–Kier alpha value is -2.04. The van der Waals surface area contributed by atoms with E-state index in [-0.39, 0.29) is 18.1 Å². The average molecular weight is 497 g/mol. The van der Waals surface area contributed by atoms with Crippen molar-refractivity contribution in [2.75, 3.05) is 19.6 Å². The van der Waals surface area contributed by atoms with Gasteiger partial charge < -0.3 is 14.5 Å². The second-order valence-electron chi connectivity index (χ2n) is 11.3. The maximum absolute atomic E-state index is 13.7. The van der Waals surface area contributed by atoms with Crippen molar-refractivity contribution in [2.24, 2.45) is 5.92 Å². The molecule has 5 nitrogen and oxygen atoms in total. The van der Waals surface area contributed by atoms with Crippen LogP contribution >= 0.6 is 0 Å². The Morgan fingerprint density at radius 3 is 2.33 bits per heavy atom. The first-order chi connectivity index (χ1) is 17.7. The molecule has 1 heterocycles. The van der Waals surface area contributed by atoms with Gasteiger partial charge in [-0.25, -0.2) is 0 Å². The Balaban J connectivity index is 1.54. The molecule has 4 rings (SSSR count). The number of amides is 2. The first-order valence-electron chi connectivity index (χ1n) is 15.0. The summed E-state index contributed by atoms with van der Waals surface area (Å²) in [6, 6.07) is 7.85. The number of para-hydroxylation sites is 1. The zero-order valence-electron chi connectivity index (χ0n) is 22.6. The summed E-state index contributed by atoms with van der Waals surface area (Å²) in [5, 5.41) is 0. The van der Waals surface area contributed by atoms with Crippen LogP contribution in [0, 0.1) is 5.92 Å². The molecule has 1 aromatic rings. The third-order valence-corrected chi connectivity index (χ3v) is 8.77. The highest BCUT2D eigenvalue weighted by Gasteiger charge is 2.35. The molecule has 200 valence electrons. The molecular weight excluding hydrogens is 448 g/mol. The monoisotopic (exact) mass is 496 g/mol. The highest BCUT2D eigenvalue weighted by Crippen LogP contribution is 2.32. The van der Waals surface area contributed by atoms with Crippen molar-refractivity contribution in [1.82, 2.24) is 9.80 Å². The van der Waals surface area contributed by atoms with Gasteiger partial charge in [-0.15, -0.1) is 0 Å². The summed E-state index contributed by atoms with van der Waals surface area (Å²) >= 11 is 0. The highest BCUT2D eigenvalue weighted by atomic mass is 16.5. The Morgan fingerprint density at radius 1 is 0.861 bits per heavy atom. The van der Waals surface area contributed by atoms with E-state index in [0.29, 0.717) is 30.2 Å². The van der Waals surface area contributed by atoms with Gasteiger partial charge in [0, 0.05) is 26.1 Å². The van der Waals surface area contributed by atoms with Crippen LogP contribution < -0.4 is 4.74 Å². The van der Waals surface area contributed by atoms with E-state index >= 15 is 0 Å². The van der Waals surface area contributed by atoms with Gasteiger partial charge in [-0.1, -0.05) is 69.9 Å². The second-order valence-corrected chi connectivity index (χ2v) is 11.3. The summed E-state index contributed by atoms with van der Waals surface area (Å²) in [7, 11) is 0. The number of rotatable bonds is 4. The van der Waals surface area contributed by atoms with E-state index in [4.69, 9.17) is 4.74 Å². The quantitative estimate of drug-likeness (QED) is 0.451. The average Bonchev–Trinajstić information content (AvgIpc) is 2.92. The van der Waals surface area contributed by atoms with Gasteiger partial charge in [0.2, 0.25) is 5.91 Å². The lowest BCUT2D eigenvalue weighted by Gasteiger charge is -2.40. The molecule has 5 heteroatoms. The largest absolute Gasteiger partial charge is 0.487 e.